The molecule has 4 nitrogen and oxygen atoms in total. The number of rotatable bonds is 3. The summed E-state index contributed by atoms with van der Waals surface area (Å²) in [5.74, 6) is -0.218. The Bertz CT molecular complexity index is 946. The van der Waals surface area contributed by atoms with Crippen LogP contribution in [0.25, 0.3) is 15.8 Å². The van der Waals surface area contributed by atoms with Gasteiger partial charge in [-0.1, -0.05) is 12.1 Å². The topological polar surface area (TPSA) is 43.2 Å². The smallest absolute Gasteiger partial charge is 0.136 e. The van der Waals surface area contributed by atoms with Gasteiger partial charge in [0.15, 0.2) is 0 Å². The number of piperazine rings is 1. The van der Waals surface area contributed by atoms with E-state index < -0.39 is 0 Å². The van der Waals surface area contributed by atoms with Crippen molar-refractivity contribution < 1.29 is 4.39 Å². The molecule has 0 saturated carbocycles. The zero-order valence-corrected chi connectivity index (χ0v) is 14.9. The molecular formula is C20H17FN4S. The van der Waals surface area contributed by atoms with Gasteiger partial charge in [-0.2, -0.15) is 5.26 Å². The minimum absolute atomic E-state index is 0.218. The summed E-state index contributed by atoms with van der Waals surface area (Å²) in [5, 5.41) is 10.3. The van der Waals surface area contributed by atoms with Crippen molar-refractivity contribution in [2.24, 2.45) is 0 Å². The van der Waals surface area contributed by atoms with Crippen LogP contribution in [-0.4, -0.2) is 36.1 Å². The van der Waals surface area contributed by atoms with E-state index in [1.54, 1.807) is 11.3 Å². The number of para-hydroxylation sites is 1. The molecule has 0 amide bonds. The predicted molar refractivity (Wildman–Crippen MR) is 103 cm³/mol. The average Bonchev–Trinajstić information content (AvgIpc) is 3.11. The van der Waals surface area contributed by atoms with Crippen LogP contribution in [-0.2, 0) is 0 Å². The summed E-state index contributed by atoms with van der Waals surface area (Å²) in [6.07, 6.45) is 1.92. The highest BCUT2D eigenvalue weighted by Crippen LogP contribution is 2.27. The van der Waals surface area contributed by atoms with E-state index in [-0.39, 0.29) is 5.82 Å². The fourth-order valence-electron chi connectivity index (χ4n) is 3.06. The number of nitriles is 1. The van der Waals surface area contributed by atoms with Gasteiger partial charge < -0.3 is 9.80 Å². The largest absolute Gasteiger partial charge is 0.373 e. The second kappa shape index (κ2) is 7.14. The number of fused-ring (bicyclic) bond motifs is 1. The Balaban J connectivity index is 1.47. The normalized spacial score (nSPS) is 15.3. The van der Waals surface area contributed by atoms with E-state index in [2.05, 4.69) is 20.9 Å². The molecule has 1 saturated heterocycles. The lowest BCUT2D eigenvalue weighted by Crippen LogP contribution is -2.44. The first-order valence-corrected chi connectivity index (χ1v) is 9.27. The molecule has 6 heteroatoms. The number of thiazole rings is 1. The zero-order valence-electron chi connectivity index (χ0n) is 14.1. The number of aromatic nitrogens is 1. The van der Waals surface area contributed by atoms with Crippen LogP contribution in [0.2, 0.25) is 0 Å². The van der Waals surface area contributed by atoms with Crippen molar-refractivity contribution in [3.05, 3.63) is 65.6 Å². The Morgan fingerprint density at radius 3 is 2.50 bits per heavy atom. The monoisotopic (exact) mass is 364 g/mol. The van der Waals surface area contributed by atoms with E-state index in [1.807, 2.05) is 42.6 Å². The van der Waals surface area contributed by atoms with Crippen molar-refractivity contribution >= 4 is 32.8 Å². The summed E-state index contributed by atoms with van der Waals surface area (Å²) in [7, 11) is 0. The first-order valence-electron chi connectivity index (χ1n) is 8.45. The third-order valence-corrected chi connectivity index (χ3v) is 5.53. The maximum Gasteiger partial charge on any atom is 0.136 e. The Hall–Kier alpha value is -2.91. The number of hydrogen-bond donors (Lipinski definition) is 0. The quantitative estimate of drug-likeness (QED) is 0.656. The Kier molecular flexibility index (Phi) is 4.55. The standard InChI is InChI=1S/C20H17FN4S/c21-16-5-7-17(8-6-16)25-11-9-24(10-12-25)14-15(13-22)20-23-18-3-1-2-4-19(18)26-20/h1-8,14H,9-12H2. The molecule has 0 unspecified atom stereocenters. The van der Waals surface area contributed by atoms with Crippen LogP contribution in [0.1, 0.15) is 5.01 Å². The van der Waals surface area contributed by atoms with Crippen molar-refractivity contribution in [1.82, 2.24) is 9.88 Å². The van der Waals surface area contributed by atoms with Crippen LogP contribution in [0.15, 0.2) is 54.7 Å². The van der Waals surface area contributed by atoms with E-state index in [4.69, 9.17) is 0 Å². The molecule has 0 bridgehead atoms. The third-order valence-electron chi connectivity index (χ3n) is 4.46. The highest BCUT2D eigenvalue weighted by atomic mass is 32.1. The number of benzene rings is 2. The molecule has 1 fully saturated rings. The molecule has 1 aromatic heterocycles. The molecule has 0 spiro atoms. The van der Waals surface area contributed by atoms with Gasteiger partial charge in [0.1, 0.15) is 22.5 Å². The maximum absolute atomic E-state index is 13.1. The van der Waals surface area contributed by atoms with Gasteiger partial charge in [0, 0.05) is 38.1 Å². The summed E-state index contributed by atoms with van der Waals surface area (Å²) < 4.78 is 14.2. The van der Waals surface area contributed by atoms with E-state index in [0.717, 1.165) is 47.1 Å². The molecule has 0 atom stereocenters. The Morgan fingerprint density at radius 1 is 1.08 bits per heavy atom. The van der Waals surface area contributed by atoms with Crippen molar-refractivity contribution in [1.29, 1.82) is 5.26 Å². The van der Waals surface area contributed by atoms with Gasteiger partial charge in [-0.3, -0.25) is 0 Å². The second-order valence-electron chi connectivity index (χ2n) is 6.14. The lowest BCUT2D eigenvalue weighted by atomic mass is 10.2. The Morgan fingerprint density at radius 2 is 1.81 bits per heavy atom. The second-order valence-corrected chi connectivity index (χ2v) is 7.17. The van der Waals surface area contributed by atoms with Crippen molar-refractivity contribution in [3.8, 4) is 6.07 Å². The summed E-state index contributed by atoms with van der Waals surface area (Å²) in [5.41, 5.74) is 2.55. The number of halogens is 1. The van der Waals surface area contributed by atoms with Gasteiger partial charge in [-0.25, -0.2) is 9.37 Å². The van der Waals surface area contributed by atoms with Crippen molar-refractivity contribution in [3.63, 3.8) is 0 Å². The van der Waals surface area contributed by atoms with Crippen molar-refractivity contribution in [2.75, 3.05) is 31.1 Å². The van der Waals surface area contributed by atoms with Crippen LogP contribution in [0.4, 0.5) is 10.1 Å². The number of nitrogens with zero attached hydrogens (tertiary/aromatic N) is 4. The summed E-state index contributed by atoms with van der Waals surface area (Å²) in [4.78, 5) is 8.96. The van der Waals surface area contributed by atoms with Gasteiger partial charge in [-0.15, -0.1) is 11.3 Å². The predicted octanol–water partition coefficient (Wildman–Crippen LogP) is 4.12. The van der Waals surface area contributed by atoms with Gasteiger partial charge in [0.2, 0.25) is 0 Å². The number of hydrogen-bond acceptors (Lipinski definition) is 5. The molecule has 2 aromatic carbocycles. The van der Waals surface area contributed by atoms with E-state index in [1.165, 1.54) is 12.1 Å². The Labute approximate surface area is 155 Å². The summed E-state index contributed by atoms with van der Waals surface area (Å²) >= 11 is 1.54. The van der Waals surface area contributed by atoms with Crippen LogP contribution in [0, 0.1) is 17.1 Å². The fourth-order valence-corrected chi connectivity index (χ4v) is 3.99. The van der Waals surface area contributed by atoms with Crippen LogP contribution >= 0.6 is 11.3 Å². The van der Waals surface area contributed by atoms with Crippen LogP contribution in [0.3, 0.4) is 0 Å². The van der Waals surface area contributed by atoms with E-state index in [0.29, 0.717) is 5.57 Å². The van der Waals surface area contributed by atoms with E-state index >= 15 is 0 Å². The lowest BCUT2D eigenvalue weighted by Gasteiger charge is -2.35. The maximum atomic E-state index is 13.1. The fraction of sp³-hybridized carbons (Fsp3) is 0.200. The van der Waals surface area contributed by atoms with Crippen LogP contribution < -0.4 is 4.90 Å². The SMILES string of the molecule is N#CC(=CN1CCN(c2ccc(F)cc2)CC1)c1nc2ccccc2s1. The minimum atomic E-state index is -0.218. The van der Waals surface area contributed by atoms with Crippen molar-refractivity contribution in [2.45, 2.75) is 0 Å². The molecule has 4 rings (SSSR count). The highest BCUT2D eigenvalue weighted by molar-refractivity contribution is 7.19. The van der Waals surface area contributed by atoms with Gasteiger partial charge in [0.05, 0.1) is 10.2 Å². The molecule has 0 N–H and O–H groups in total. The number of allylic oxidation sites excluding steroid dienone is 1. The zero-order chi connectivity index (χ0) is 17.9. The van der Waals surface area contributed by atoms with Crippen LogP contribution in [0.5, 0.6) is 0 Å². The number of anilines is 1. The molecular weight excluding hydrogens is 347 g/mol. The molecule has 26 heavy (non-hydrogen) atoms. The highest BCUT2D eigenvalue weighted by Gasteiger charge is 2.17. The molecule has 1 aliphatic rings. The minimum Gasteiger partial charge on any atom is -0.373 e. The molecule has 0 aliphatic carbocycles. The molecule has 2 heterocycles. The molecule has 1 aliphatic heterocycles. The summed E-state index contributed by atoms with van der Waals surface area (Å²) in [6.45, 7) is 3.29. The molecule has 0 radical (unpaired) electrons. The van der Waals surface area contributed by atoms with E-state index in [9.17, 15) is 9.65 Å². The lowest BCUT2D eigenvalue weighted by molar-refractivity contribution is 0.350. The van der Waals surface area contributed by atoms with Gasteiger partial charge in [-0.05, 0) is 36.4 Å². The average molecular weight is 364 g/mol. The third kappa shape index (κ3) is 3.39. The molecule has 130 valence electrons. The first-order chi connectivity index (χ1) is 12.7. The molecule has 3 aromatic rings. The first kappa shape index (κ1) is 16.6. The van der Waals surface area contributed by atoms with Gasteiger partial charge in [0.25, 0.3) is 0 Å². The van der Waals surface area contributed by atoms with Gasteiger partial charge >= 0.3 is 0 Å². The summed E-state index contributed by atoms with van der Waals surface area (Å²) in [6, 6.07) is 16.8.